The van der Waals surface area contributed by atoms with Gasteiger partial charge in [-0.15, -0.1) is 90.7 Å². The molecule has 0 fully saturated rings. The summed E-state index contributed by atoms with van der Waals surface area (Å²) in [6, 6.07) is 41.1. The first-order valence-corrected chi connectivity index (χ1v) is 34.6. The predicted molar refractivity (Wildman–Crippen MR) is 375 cm³/mol. The van der Waals surface area contributed by atoms with E-state index in [0.717, 1.165) is 138 Å². The number of halogens is 2. The number of thiol groups is 1. The Balaban J connectivity index is 0.000000163. The number of rotatable bonds is 12. The van der Waals surface area contributed by atoms with Crippen LogP contribution in [0, 0.1) is 0 Å². The molecule has 6 aromatic carbocycles. The standard InChI is InChI=1S/C32H20Br2O2S4.C32H22O2S4.BHNS.B/c1-3-15-5-7-21(37-15)17-13-19-27(23-9-11-25(33)39-23)30-20(14-18(32(30)36)22-8-6-16(4-2)38-22)28(29(19)31(17)35)24-10-12-26(34)40-24;1-3-17-9-11-23(37-17)19-15-21-27(25-7-5-13-35-25)30-22(28(29(21)31(19)33)26-8-6-14-36-26)16-20(32(30)34)24-12-10-18(4-2)38-24;1-2-3;/h5-14H,3-4H2,1-2H3;5-16H,3-4H2,1-2H3;3H;. The van der Waals surface area contributed by atoms with E-state index in [0.29, 0.717) is 21.9 Å². The second kappa shape index (κ2) is 24.5. The van der Waals surface area contributed by atoms with Crippen molar-refractivity contribution in [1.82, 2.24) is 0 Å². The first-order valence-electron chi connectivity index (χ1n) is 25.9. The first kappa shape index (κ1) is 58.7. The van der Waals surface area contributed by atoms with E-state index < -0.39 is 0 Å². The van der Waals surface area contributed by atoms with E-state index in [4.69, 9.17) is 0 Å². The summed E-state index contributed by atoms with van der Waals surface area (Å²) in [4.78, 5) is 70.2. The van der Waals surface area contributed by atoms with Gasteiger partial charge in [-0.2, -0.15) is 0 Å². The van der Waals surface area contributed by atoms with Crippen molar-refractivity contribution in [3.8, 4) is 83.5 Å². The summed E-state index contributed by atoms with van der Waals surface area (Å²) in [6.07, 6.45) is 3.75. The van der Waals surface area contributed by atoms with Crippen molar-refractivity contribution >= 4 is 195 Å². The molecule has 82 heavy (non-hydrogen) atoms. The number of nitrogens with zero attached hydrogens (tertiary/aromatic N) is 1. The van der Waals surface area contributed by atoms with Gasteiger partial charge in [0.05, 0.1) is 7.57 Å². The number of aryl methyl sites for hydroxylation is 4. The average Bonchev–Trinajstić information content (AvgIpc) is 3.98. The zero-order valence-electron chi connectivity index (χ0n) is 44.2. The summed E-state index contributed by atoms with van der Waals surface area (Å²) in [5.41, 5.74) is 6.53. The number of hydrogen-bond acceptors (Lipinski definition) is 14. The van der Waals surface area contributed by atoms with Gasteiger partial charge in [0, 0.05) is 133 Å². The Bertz CT molecular complexity index is 4580. The van der Waals surface area contributed by atoms with Crippen LogP contribution in [-0.4, -0.2) is 16.1 Å². The van der Waals surface area contributed by atoms with Crippen molar-refractivity contribution in [3.63, 3.8) is 0 Å². The molecule has 0 aliphatic rings. The van der Waals surface area contributed by atoms with E-state index in [1.807, 2.05) is 71.4 Å². The molecule has 0 unspecified atom stereocenters. The van der Waals surface area contributed by atoms with Crippen LogP contribution >= 0.6 is 135 Å². The van der Waals surface area contributed by atoms with E-state index in [2.05, 4.69) is 145 Å². The van der Waals surface area contributed by atoms with E-state index in [9.17, 15) is 19.2 Å². The second-order valence-electron chi connectivity index (χ2n) is 19.0. The molecule has 14 aromatic rings. The Morgan fingerprint density at radius 1 is 0.390 bits per heavy atom. The third-order valence-electron chi connectivity index (χ3n) is 14.5. The number of hydrogen-bond donors (Lipinski definition) is 1. The van der Waals surface area contributed by atoms with Gasteiger partial charge in [-0.25, -0.2) is 0 Å². The van der Waals surface area contributed by atoms with Crippen LogP contribution < -0.4 is 21.7 Å². The van der Waals surface area contributed by atoms with Gasteiger partial charge in [0.25, 0.3) is 0 Å². The van der Waals surface area contributed by atoms with Gasteiger partial charge in [0.15, 0.2) is 21.7 Å². The van der Waals surface area contributed by atoms with Gasteiger partial charge >= 0.3 is 24.8 Å². The Labute approximate surface area is 530 Å². The predicted octanol–water partition coefficient (Wildman–Crippen LogP) is 20.6. The Hall–Kier alpha value is -5.08. The van der Waals surface area contributed by atoms with Crippen molar-refractivity contribution in [2.45, 2.75) is 53.4 Å². The first-order chi connectivity index (χ1) is 39.4. The quantitative estimate of drug-likeness (QED) is 0.0976. The van der Waals surface area contributed by atoms with Crippen LogP contribution in [-0.2, 0) is 25.7 Å². The summed E-state index contributed by atoms with van der Waals surface area (Å²) < 4.78 is 4.67. The van der Waals surface area contributed by atoms with Crippen molar-refractivity contribution < 1.29 is 0 Å². The number of thiophene rings is 8. The van der Waals surface area contributed by atoms with Gasteiger partial charge in [0.1, 0.15) is 0 Å². The van der Waals surface area contributed by atoms with E-state index in [1.54, 1.807) is 90.7 Å². The zero-order chi connectivity index (χ0) is 56.4. The van der Waals surface area contributed by atoms with Crippen LogP contribution in [0.2, 0.25) is 0 Å². The molecule has 18 heteroatoms. The van der Waals surface area contributed by atoms with E-state index >= 15 is 0 Å². The average molecular weight is 1360 g/mol. The van der Waals surface area contributed by atoms with Crippen LogP contribution in [0.3, 0.4) is 0 Å². The van der Waals surface area contributed by atoms with Crippen LogP contribution in [0.1, 0.15) is 47.2 Å². The molecule has 4 radical (unpaired) electrons. The molecule has 5 nitrogen and oxygen atoms in total. The molecule has 0 atom stereocenters. The third-order valence-corrected chi connectivity index (χ3v) is 24.6. The molecule has 0 aliphatic heterocycles. The normalized spacial score (nSPS) is 11.4. The maximum absolute atomic E-state index is 14.4. The molecule has 0 aliphatic carbocycles. The van der Waals surface area contributed by atoms with E-state index in [1.165, 1.54) is 19.5 Å². The number of benzene rings is 2. The summed E-state index contributed by atoms with van der Waals surface area (Å²) in [6.45, 7) is 8.53. The summed E-state index contributed by atoms with van der Waals surface area (Å²) >= 11 is 23.6. The molecule has 0 spiro atoms. The zero-order valence-corrected chi connectivity index (χ0v) is 54.8. The van der Waals surface area contributed by atoms with Gasteiger partial charge in [0.2, 0.25) is 0 Å². The molecular weight excluding hydrogens is 1320 g/mol. The van der Waals surface area contributed by atoms with Crippen LogP contribution in [0.4, 0.5) is 0 Å². The molecule has 0 amide bonds. The third kappa shape index (κ3) is 10.3. The Morgan fingerprint density at radius 2 is 0.646 bits per heavy atom. The molecule has 8 heterocycles. The Kier molecular flexibility index (Phi) is 17.5. The fraction of sp³-hybridized carbons (Fsp3) is 0.125. The molecule has 0 bridgehead atoms. The van der Waals surface area contributed by atoms with Gasteiger partial charge in [-0.1, -0.05) is 39.8 Å². The molecule has 402 valence electrons. The fourth-order valence-electron chi connectivity index (χ4n) is 10.8. The molecular formula is C64H43B2Br2NO4S9. The fourth-order valence-corrected chi connectivity index (χ4v) is 19.1. The molecule has 8 aromatic heterocycles. The van der Waals surface area contributed by atoms with Crippen LogP contribution in [0.25, 0.3) is 127 Å². The molecule has 0 N–H and O–H groups in total. The monoisotopic (exact) mass is 1360 g/mol. The van der Waals surface area contributed by atoms with Gasteiger partial charge in [-0.05, 0) is 199 Å². The molecule has 0 saturated carbocycles. The Morgan fingerprint density at radius 3 is 0.854 bits per heavy atom. The molecule has 14 rings (SSSR count). The van der Waals surface area contributed by atoms with Crippen molar-refractivity contribution in [2.24, 2.45) is 4.30 Å². The SMILES string of the molecule is CCc1ccc(-c2cc3c(-c4ccc(Br)s4)c4c(=O)c(-c5ccc(CC)s5)cc4c(-c4ccc(Br)s4)c3c2=O)s1.CCc1ccc(-c2cc3c(-c4cccs4)c4c(=O)c(-c5ccc(CC)s5)cc4c(-c4cccs4)c3c2=O)s1.[B].[B]=NS. The topological polar surface area (TPSA) is 80.6 Å². The second-order valence-corrected chi connectivity index (χ2v) is 30.7. The van der Waals surface area contributed by atoms with Crippen LogP contribution in [0.15, 0.2) is 163 Å². The van der Waals surface area contributed by atoms with Crippen LogP contribution in [0.5, 0.6) is 0 Å². The summed E-state index contributed by atoms with van der Waals surface area (Å²) in [5, 5.41) is 10.4. The van der Waals surface area contributed by atoms with Crippen molar-refractivity contribution in [2.75, 3.05) is 0 Å². The van der Waals surface area contributed by atoms with Gasteiger partial charge < -0.3 is 0 Å². The van der Waals surface area contributed by atoms with E-state index in [-0.39, 0.29) is 30.1 Å². The maximum atomic E-state index is 14.4. The molecule has 0 saturated heterocycles. The van der Waals surface area contributed by atoms with Gasteiger partial charge in [-0.3, -0.25) is 19.2 Å². The van der Waals surface area contributed by atoms with Crippen molar-refractivity contribution in [3.05, 3.63) is 200 Å². The summed E-state index contributed by atoms with van der Waals surface area (Å²) in [5.74, 6) is 0. The summed E-state index contributed by atoms with van der Waals surface area (Å²) in [7, 11) is 4.34. The minimum atomic E-state index is 0. The van der Waals surface area contributed by atoms with Crippen molar-refractivity contribution in [1.29, 1.82) is 0 Å². The minimum absolute atomic E-state index is 0. The number of fused-ring (bicyclic) bond motifs is 4.